The number of methoxy groups -OCH3 is 2. The van der Waals surface area contributed by atoms with Crippen molar-refractivity contribution in [1.82, 2.24) is 0 Å². The van der Waals surface area contributed by atoms with Gasteiger partial charge < -0.3 is 14.8 Å². The van der Waals surface area contributed by atoms with E-state index in [4.69, 9.17) is 9.47 Å². The molecule has 0 aliphatic rings. The minimum atomic E-state index is -0.576. The molecule has 1 aromatic carbocycles. The highest BCUT2D eigenvalue weighted by Crippen LogP contribution is 2.19. The zero-order valence-corrected chi connectivity index (χ0v) is 11.7. The number of carbonyl (C=O) groups excluding carboxylic acids is 1. The van der Waals surface area contributed by atoms with E-state index in [1.807, 2.05) is 22.6 Å². The predicted octanol–water partition coefficient (Wildman–Crippen LogP) is 2.38. The summed E-state index contributed by atoms with van der Waals surface area (Å²) in [6, 6.07) is 4.16. The first-order chi connectivity index (χ1) is 8.06. The molecule has 17 heavy (non-hydrogen) atoms. The monoisotopic (exact) mass is 353 g/mol. The summed E-state index contributed by atoms with van der Waals surface area (Å²) in [6.07, 6.45) is -0.492. The molecule has 1 rings (SSSR count). The standard InChI is InChI=1S/C11H13FINO3/c1-16-11(17-2)6-10(15)14-9-4-3-7(12)5-8(9)13/h3-5,11H,6H2,1-2H3,(H,14,15). The van der Waals surface area contributed by atoms with Gasteiger partial charge in [0.15, 0.2) is 6.29 Å². The third-order valence-corrected chi connectivity index (χ3v) is 2.98. The van der Waals surface area contributed by atoms with Gasteiger partial charge in [-0.1, -0.05) is 0 Å². The van der Waals surface area contributed by atoms with Gasteiger partial charge >= 0.3 is 0 Å². The van der Waals surface area contributed by atoms with Crippen molar-refractivity contribution in [2.24, 2.45) is 0 Å². The van der Waals surface area contributed by atoms with Gasteiger partial charge in [-0.25, -0.2) is 4.39 Å². The van der Waals surface area contributed by atoms with Crippen LogP contribution in [0.15, 0.2) is 18.2 Å². The topological polar surface area (TPSA) is 47.6 Å². The van der Waals surface area contributed by atoms with Crippen LogP contribution in [0.4, 0.5) is 10.1 Å². The van der Waals surface area contributed by atoms with Gasteiger partial charge in [0.05, 0.1) is 12.1 Å². The van der Waals surface area contributed by atoms with Gasteiger partial charge in [0.2, 0.25) is 5.91 Å². The Morgan fingerprint density at radius 2 is 2.12 bits per heavy atom. The molecular formula is C11H13FINO3. The van der Waals surface area contributed by atoms with Gasteiger partial charge in [-0.05, 0) is 40.8 Å². The molecule has 1 aromatic rings. The van der Waals surface area contributed by atoms with Crippen LogP contribution in [0.5, 0.6) is 0 Å². The second-order valence-electron chi connectivity index (χ2n) is 3.28. The molecule has 0 aliphatic heterocycles. The molecule has 0 saturated heterocycles. The van der Waals surface area contributed by atoms with Crippen LogP contribution in [0, 0.1) is 9.39 Å². The van der Waals surface area contributed by atoms with E-state index < -0.39 is 6.29 Å². The predicted molar refractivity (Wildman–Crippen MR) is 70.2 cm³/mol. The molecule has 0 aromatic heterocycles. The first-order valence-corrected chi connectivity index (χ1v) is 5.95. The smallest absolute Gasteiger partial charge is 0.229 e. The van der Waals surface area contributed by atoms with Crippen molar-refractivity contribution >= 4 is 34.2 Å². The van der Waals surface area contributed by atoms with Gasteiger partial charge in [-0.2, -0.15) is 0 Å². The summed E-state index contributed by atoms with van der Waals surface area (Å²) in [6.45, 7) is 0. The lowest BCUT2D eigenvalue weighted by molar-refractivity contribution is -0.134. The Balaban J connectivity index is 2.62. The van der Waals surface area contributed by atoms with Gasteiger partial charge in [0.1, 0.15) is 5.82 Å². The largest absolute Gasteiger partial charge is 0.355 e. The van der Waals surface area contributed by atoms with E-state index in [0.29, 0.717) is 9.26 Å². The van der Waals surface area contributed by atoms with E-state index in [1.165, 1.54) is 32.4 Å². The molecule has 0 aliphatic carbocycles. The van der Waals surface area contributed by atoms with Gasteiger partial charge in [-0.3, -0.25) is 4.79 Å². The van der Waals surface area contributed by atoms with E-state index in [0.717, 1.165) is 0 Å². The SMILES string of the molecule is COC(CC(=O)Nc1ccc(F)cc1I)OC. The molecule has 0 atom stereocenters. The van der Waals surface area contributed by atoms with Crippen molar-refractivity contribution in [1.29, 1.82) is 0 Å². The second-order valence-corrected chi connectivity index (χ2v) is 4.44. The van der Waals surface area contributed by atoms with Crippen molar-refractivity contribution in [3.8, 4) is 0 Å². The molecule has 0 bridgehead atoms. The lowest BCUT2D eigenvalue weighted by Gasteiger charge is -2.13. The Labute approximate surface area is 113 Å². The van der Waals surface area contributed by atoms with E-state index >= 15 is 0 Å². The minimum Gasteiger partial charge on any atom is -0.355 e. The van der Waals surface area contributed by atoms with Crippen molar-refractivity contribution in [2.75, 3.05) is 19.5 Å². The summed E-state index contributed by atoms with van der Waals surface area (Å²) in [5.74, 6) is -0.581. The number of rotatable bonds is 5. The lowest BCUT2D eigenvalue weighted by Crippen LogP contribution is -2.23. The van der Waals surface area contributed by atoms with E-state index in [9.17, 15) is 9.18 Å². The molecule has 0 unspecified atom stereocenters. The number of amides is 1. The molecule has 6 heteroatoms. The van der Waals surface area contributed by atoms with E-state index in [1.54, 1.807) is 0 Å². The third kappa shape index (κ3) is 4.57. The Kier molecular flexibility index (Phi) is 5.79. The van der Waals surface area contributed by atoms with Gasteiger partial charge in [0, 0.05) is 17.8 Å². The van der Waals surface area contributed by atoms with Crippen LogP contribution in [-0.2, 0) is 14.3 Å². The van der Waals surface area contributed by atoms with Crippen LogP contribution in [0.2, 0.25) is 0 Å². The number of carbonyl (C=O) groups is 1. The van der Waals surface area contributed by atoms with Crippen LogP contribution in [0.1, 0.15) is 6.42 Å². The second kappa shape index (κ2) is 6.87. The molecule has 0 fully saturated rings. The fraction of sp³-hybridized carbons (Fsp3) is 0.364. The number of anilines is 1. The Morgan fingerprint density at radius 3 is 2.65 bits per heavy atom. The van der Waals surface area contributed by atoms with Crippen LogP contribution >= 0.6 is 22.6 Å². The highest BCUT2D eigenvalue weighted by molar-refractivity contribution is 14.1. The maximum absolute atomic E-state index is 12.8. The van der Waals surface area contributed by atoms with Crippen LogP contribution < -0.4 is 5.32 Å². The summed E-state index contributed by atoms with van der Waals surface area (Å²) >= 11 is 1.95. The summed E-state index contributed by atoms with van der Waals surface area (Å²) in [5.41, 5.74) is 0.572. The normalized spacial score (nSPS) is 10.6. The molecule has 0 radical (unpaired) electrons. The zero-order valence-electron chi connectivity index (χ0n) is 9.50. The van der Waals surface area contributed by atoms with Crippen molar-refractivity contribution < 1.29 is 18.7 Å². The highest BCUT2D eigenvalue weighted by atomic mass is 127. The number of benzene rings is 1. The van der Waals surface area contributed by atoms with Gasteiger partial charge in [0.25, 0.3) is 0 Å². The Morgan fingerprint density at radius 1 is 1.47 bits per heavy atom. The van der Waals surface area contributed by atoms with Crippen molar-refractivity contribution in [3.05, 3.63) is 27.6 Å². The summed E-state index contributed by atoms with van der Waals surface area (Å²) in [5, 5.41) is 2.66. The molecular weight excluding hydrogens is 340 g/mol. The van der Waals surface area contributed by atoms with E-state index in [-0.39, 0.29) is 18.1 Å². The molecule has 0 spiro atoms. The van der Waals surface area contributed by atoms with Crippen LogP contribution in [0.3, 0.4) is 0 Å². The first-order valence-electron chi connectivity index (χ1n) is 4.87. The van der Waals surface area contributed by atoms with Gasteiger partial charge in [-0.15, -0.1) is 0 Å². The average molecular weight is 353 g/mol. The van der Waals surface area contributed by atoms with Crippen molar-refractivity contribution in [3.63, 3.8) is 0 Å². The maximum atomic E-state index is 12.8. The van der Waals surface area contributed by atoms with Crippen molar-refractivity contribution in [2.45, 2.75) is 12.7 Å². The number of halogens is 2. The number of hydrogen-bond donors (Lipinski definition) is 1. The quantitative estimate of drug-likeness (QED) is 0.653. The molecule has 1 N–H and O–H groups in total. The summed E-state index contributed by atoms with van der Waals surface area (Å²) < 4.78 is 23.3. The fourth-order valence-corrected chi connectivity index (χ4v) is 1.82. The van der Waals surface area contributed by atoms with E-state index in [2.05, 4.69) is 5.32 Å². The minimum absolute atomic E-state index is 0.0838. The molecule has 0 heterocycles. The molecule has 1 amide bonds. The molecule has 4 nitrogen and oxygen atoms in total. The lowest BCUT2D eigenvalue weighted by atomic mass is 10.3. The zero-order chi connectivity index (χ0) is 12.8. The number of nitrogens with one attached hydrogen (secondary N) is 1. The van der Waals surface area contributed by atoms with Crippen LogP contribution in [-0.4, -0.2) is 26.4 Å². The fourth-order valence-electron chi connectivity index (χ4n) is 1.21. The average Bonchev–Trinajstić information content (AvgIpc) is 2.29. The Bertz CT molecular complexity index is 396. The molecule has 0 saturated carbocycles. The summed E-state index contributed by atoms with van der Waals surface area (Å²) in [7, 11) is 2.92. The highest BCUT2D eigenvalue weighted by Gasteiger charge is 2.13. The van der Waals surface area contributed by atoms with Crippen LogP contribution in [0.25, 0.3) is 0 Å². The number of ether oxygens (including phenoxy) is 2. The summed E-state index contributed by atoms with van der Waals surface area (Å²) in [4.78, 5) is 11.6. The number of hydrogen-bond acceptors (Lipinski definition) is 3. The third-order valence-electron chi connectivity index (χ3n) is 2.08. The molecule has 94 valence electrons. The maximum Gasteiger partial charge on any atom is 0.229 e. The first kappa shape index (κ1) is 14.3. The Hall–Kier alpha value is -0.730.